The highest BCUT2D eigenvalue weighted by atomic mass is 79.9. The Kier molecular flexibility index (Phi) is 5.08. The molecule has 0 unspecified atom stereocenters. The molecule has 1 aliphatic rings. The summed E-state index contributed by atoms with van der Waals surface area (Å²) in [5.41, 5.74) is 2.94. The second-order valence-corrected chi connectivity index (χ2v) is 7.14. The summed E-state index contributed by atoms with van der Waals surface area (Å²) in [6, 6.07) is 24.9. The van der Waals surface area contributed by atoms with Crippen LogP contribution in [0.1, 0.15) is 11.1 Å². The average Bonchev–Trinajstić information content (AvgIpc) is 3.06. The zero-order chi connectivity index (χ0) is 19.5. The average molecular weight is 433 g/mol. The summed E-state index contributed by atoms with van der Waals surface area (Å²) in [6.45, 7) is 0. The van der Waals surface area contributed by atoms with Gasteiger partial charge in [0.1, 0.15) is 17.3 Å². The van der Waals surface area contributed by atoms with E-state index in [4.69, 9.17) is 4.74 Å². The number of amides is 1. The molecule has 0 spiro atoms. The van der Waals surface area contributed by atoms with Crippen molar-refractivity contribution in [3.63, 3.8) is 0 Å². The number of anilines is 1. The van der Waals surface area contributed by atoms with E-state index in [-0.39, 0.29) is 5.91 Å². The van der Waals surface area contributed by atoms with Crippen LogP contribution < -0.4 is 9.64 Å². The maximum Gasteiger partial charge on any atom is 0.282 e. The lowest BCUT2D eigenvalue weighted by molar-refractivity contribution is -0.113. The first-order valence-corrected chi connectivity index (χ1v) is 9.55. The van der Waals surface area contributed by atoms with Crippen LogP contribution in [0.5, 0.6) is 5.75 Å². The summed E-state index contributed by atoms with van der Waals surface area (Å²) in [5, 5.41) is 0. The first-order chi connectivity index (χ1) is 13.7. The van der Waals surface area contributed by atoms with Gasteiger partial charge < -0.3 is 4.74 Å². The van der Waals surface area contributed by atoms with Gasteiger partial charge in [-0.2, -0.15) is 0 Å². The van der Waals surface area contributed by atoms with Crippen molar-refractivity contribution in [3.8, 4) is 5.75 Å². The second kappa shape index (κ2) is 7.82. The molecule has 0 bridgehead atoms. The summed E-state index contributed by atoms with van der Waals surface area (Å²) in [7, 11) is 1.63. The van der Waals surface area contributed by atoms with Crippen LogP contribution in [0.15, 0.2) is 94.0 Å². The first kappa shape index (κ1) is 18.2. The van der Waals surface area contributed by atoms with Crippen LogP contribution in [0.3, 0.4) is 0 Å². The van der Waals surface area contributed by atoms with E-state index >= 15 is 0 Å². The predicted molar refractivity (Wildman–Crippen MR) is 116 cm³/mol. The maximum absolute atomic E-state index is 13.2. The molecule has 28 heavy (non-hydrogen) atoms. The van der Waals surface area contributed by atoms with Crippen LogP contribution >= 0.6 is 15.9 Å². The molecule has 0 saturated heterocycles. The Bertz CT molecular complexity index is 1060. The Morgan fingerprint density at radius 2 is 1.61 bits per heavy atom. The number of carbonyl (C=O) groups excluding carboxylic acids is 1. The number of nitrogens with zero attached hydrogens (tertiary/aromatic N) is 2. The molecular formula is C23H17BrN2O2. The molecule has 0 fully saturated rings. The normalized spacial score (nSPS) is 15.1. The van der Waals surface area contributed by atoms with Gasteiger partial charge in [0, 0.05) is 10.0 Å². The standard InChI is InChI=1S/C23H17BrN2O2/c1-28-20-13-7-16(8-14-20)15-21-23(27)26(19-11-9-18(24)10-12-19)22(25-21)17-5-3-2-4-6-17/h2-15H,1H3. The van der Waals surface area contributed by atoms with Crippen LogP contribution in [-0.4, -0.2) is 18.9 Å². The highest BCUT2D eigenvalue weighted by molar-refractivity contribution is 9.10. The Hall–Kier alpha value is -3.18. The zero-order valence-corrected chi connectivity index (χ0v) is 16.8. The summed E-state index contributed by atoms with van der Waals surface area (Å²) in [5.74, 6) is 1.23. The number of rotatable bonds is 4. The summed E-state index contributed by atoms with van der Waals surface area (Å²) in [6.07, 6.45) is 1.80. The van der Waals surface area contributed by atoms with Crippen molar-refractivity contribution in [2.24, 2.45) is 4.99 Å². The number of hydrogen-bond acceptors (Lipinski definition) is 3. The molecule has 1 aliphatic heterocycles. The van der Waals surface area contributed by atoms with Gasteiger partial charge in [-0.3, -0.25) is 9.69 Å². The Balaban J connectivity index is 1.78. The van der Waals surface area contributed by atoms with Crippen LogP contribution in [0.4, 0.5) is 5.69 Å². The van der Waals surface area contributed by atoms with Gasteiger partial charge in [-0.25, -0.2) is 4.99 Å². The van der Waals surface area contributed by atoms with Crippen LogP contribution in [0, 0.1) is 0 Å². The monoisotopic (exact) mass is 432 g/mol. The molecule has 3 aromatic rings. The Morgan fingerprint density at radius 1 is 0.929 bits per heavy atom. The lowest BCUT2D eigenvalue weighted by Crippen LogP contribution is -2.32. The lowest BCUT2D eigenvalue weighted by Gasteiger charge is -2.18. The molecule has 0 aliphatic carbocycles. The van der Waals surface area contributed by atoms with Gasteiger partial charge in [0.05, 0.1) is 12.8 Å². The molecule has 1 amide bonds. The molecular weight excluding hydrogens is 416 g/mol. The van der Waals surface area contributed by atoms with E-state index in [1.54, 1.807) is 18.1 Å². The molecule has 3 aromatic carbocycles. The van der Waals surface area contributed by atoms with Crippen molar-refractivity contribution in [2.45, 2.75) is 0 Å². The van der Waals surface area contributed by atoms with Crippen LogP contribution in [-0.2, 0) is 4.79 Å². The van der Waals surface area contributed by atoms with Gasteiger partial charge in [0.25, 0.3) is 5.91 Å². The van der Waals surface area contributed by atoms with Gasteiger partial charge in [0.2, 0.25) is 0 Å². The minimum atomic E-state index is -0.156. The number of ether oxygens (including phenoxy) is 1. The number of hydrogen-bond donors (Lipinski definition) is 0. The van der Waals surface area contributed by atoms with E-state index < -0.39 is 0 Å². The number of aliphatic imine (C=N–C) groups is 1. The van der Waals surface area contributed by atoms with Crippen molar-refractivity contribution in [1.82, 2.24) is 0 Å². The van der Waals surface area contributed by atoms with Gasteiger partial charge in [0.15, 0.2) is 0 Å². The van der Waals surface area contributed by atoms with Gasteiger partial charge in [-0.05, 0) is 48.0 Å². The van der Waals surface area contributed by atoms with Gasteiger partial charge in [-0.15, -0.1) is 0 Å². The molecule has 0 radical (unpaired) electrons. The third-order valence-corrected chi connectivity index (χ3v) is 4.93. The maximum atomic E-state index is 13.2. The summed E-state index contributed by atoms with van der Waals surface area (Å²) >= 11 is 3.44. The zero-order valence-electron chi connectivity index (χ0n) is 15.2. The molecule has 4 rings (SSSR count). The minimum Gasteiger partial charge on any atom is -0.497 e. The summed E-state index contributed by atoms with van der Waals surface area (Å²) in [4.78, 5) is 19.5. The van der Waals surface area contributed by atoms with E-state index in [0.29, 0.717) is 11.5 Å². The highest BCUT2D eigenvalue weighted by Gasteiger charge is 2.32. The molecule has 1 heterocycles. The molecule has 0 saturated carbocycles. The SMILES string of the molecule is COc1ccc(C=C2N=C(c3ccccc3)N(c3ccc(Br)cc3)C2=O)cc1. The fraction of sp³-hybridized carbons (Fsp3) is 0.0435. The first-order valence-electron chi connectivity index (χ1n) is 8.75. The van der Waals surface area contributed by atoms with Crippen molar-refractivity contribution in [1.29, 1.82) is 0 Å². The van der Waals surface area contributed by atoms with E-state index in [9.17, 15) is 4.79 Å². The predicted octanol–water partition coefficient (Wildman–Crippen LogP) is 5.29. The number of methoxy groups -OCH3 is 1. The molecule has 0 N–H and O–H groups in total. The van der Waals surface area contributed by atoms with Crippen molar-refractivity contribution in [2.75, 3.05) is 12.0 Å². The van der Waals surface area contributed by atoms with Gasteiger partial charge in [-0.1, -0.05) is 58.4 Å². The van der Waals surface area contributed by atoms with Crippen LogP contribution in [0.2, 0.25) is 0 Å². The molecule has 0 atom stereocenters. The third-order valence-electron chi connectivity index (χ3n) is 4.40. The highest BCUT2D eigenvalue weighted by Crippen LogP contribution is 2.29. The molecule has 4 nitrogen and oxygen atoms in total. The largest absolute Gasteiger partial charge is 0.497 e. The number of carbonyl (C=O) groups is 1. The molecule has 0 aromatic heterocycles. The van der Waals surface area contributed by atoms with E-state index in [0.717, 1.165) is 27.0 Å². The quantitative estimate of drug-likeness (QED) is 0.525. The molecule has 5 heteroatoms. The van der Waals surface area contributed by atoms with Gasteiger partial charge >= 0.3 is 0 Å². The number of halogens is 1. The second-order valence-electron chi connectivity index (χ2n) is 6.22. The fourth-order valence-corrected chi connectivity index (χ4v) is 3.25. The topological polar surface area (TPSA) is 41.9 Å². The third kappa shape index (κ3) is 3.62. The van der Waals surface area contributed by atoms with E-state index in [1.807, 2.05) is 78.9 Å². The lowest BCUT2D eigenvalue weighted by atomic mass is 10.1. The van der Waals surface area contributed by atoms with Crippen molar-refractivity contribution in [3.05, 3.63) is 100 Å². The Morgan fingerprint density at radius 3 is 2.25 bits per heavy atom. The van der Waals surface area contributed by atoms with Crippen molar-refractivity contribution < 1.29 is 9.53 Å². The smallest absolute Gasteiger partial charge is 0.282 e. The number of amidine groups is 1. The van der Waals surface area contributed by atoms with Crippen molar-refractivity contribution >= 4 is 39.4 Å². The van der Waals surface area contributed by atoms with Crippen LogP contribution in [0.25, 0.3) is 6.08 Å². The summed E-state index contributed by atoms with van der Waals surface area (Å²) < 4.78 is 6.15. The van der Waals surface area contributed by atoms with E-state index in [1.165, 1.54) is 0 Å². The molecule has 138 valence electrons. The minimum absolute atomic E-state index is 0.156. The number of benzene rings is 3. The fourth-order valence-electron chi connectivity index (χ4n) is 2.99. The Labute approximate surface area is 171 Å². The van der Waals surface area contributed by atoms with E-state index in [2.05, 4.69) is 20.9 Å².